The van der Waals surface area contributed by atoms with E-state index in [1.165, 1.54) is 17.4 Å². The number of hydrogen-bond donors (Lipinski definition) is 0. The Balaban J connectivity index is 1.19. The van der Waals surface area contributed by atoms with Crippen LogP contribution in [0.4, 0.5) is 13.2 Å². The lowest BCUT2D eigenvalue weighted by Crippen LogP contribution is -2.64. The van der Waals surface area contributed by atoms with Crippen LogP contribution < -0.4 is 0 Å². The standard InChI is InChI=1S/C21H18ClF3N4O2S2/c22-16-14-2-1-12(21(23,24)25)9-15(14)33-17(16)19(30)29-10-13(11-29)27-4-6-28(7-5-27)20(31)18-26-3-8-32-18/h1-3,8-9,13H,4-7,10-11H2. The summed E-state index contributed by atoms with van der Waals surface area (Å²) in [6, 6.07) is 3.53. The number of hydrogen-bond acceptors (Lipinski definition) is 6. The van der Waals surface area contributed by atoms with Crippen LogP contribution in [0.5, 0.6) is 0 Å². The predicted octanol–water partition coefficient (Wildman–Crippen LogP) is 4.31. The van der Waals surface area contributed by atoms with Gasteiger partial charge in [0.2, 0.25) is 0 Å². The fourth-order valence-corrected chi connectivity index (χ4v) is 6.25. The van der Waals surface area contributed by atoms with Crippen LogP contribution in [0, 0.1) is 0 Å². The number of aromatic nitrogens is 1. The summed E-state index contributed by atoms with van der Waals surface area (Å²) in [5.41, 5.74) is -0.761. The number of likely N-dealkylation sites (tertiary alicyclic amines) is 1. The van der Waals surface area contributed by atoms with E-state index in [1.807, 2.05) is 0 Å². The molecule has 2 saturated heterocycles. The lowest BCUT2D eigenvalue weighted by molar-refractivity contribution is -0.137. The number of alkyl halides is 3. The van der Waals surface area contributed by atoms with E-state index in [9.17, 15) is 22.8 Å². The number of piperazine rings is 1. The van der Waals surface area contributed by atoms with Gasteiger partial charge in [0.25, 0.3) is 11.8 Å². The Morgan fingerprint density at radius 2 is 1.79 bits per heavy atom. The number of rotatable bonds is 3. The minimum atomic E-state index is -4.45. The molecule has 0 N–H and O–H groups in total. The third kappa shape index (κ3) is 4.23. The van der Waals surface area contributed by atoms with E-state index in [4.69, 9.17) is 11.6 Å². The number of nitrogens with zero attached hydrogens (tertiary/aromatic N) is 4. The number of thiophene rings is 1. The summed E-state index contributed by atoms with van der Waals surface area (Å²) in [4.78, 5) is 35.4. The van der Waals surface area contributed by atoms with Crippen molar-refractivity contribution < 1.29 is 22.8 Å². The van der Waals surface area contributed by atoms with Crippen molar-refractivity contribution in [2.45, 2.75) is 12.2 Å². The number of carbonyl (C=O) groups excluding carboxylic acids is 2. The number of halogens is 4. The maximum absolute atomic E-state index is 13.0. The van der Waals surface area contributed by atoms with E-state index >= 15 is 0 Å². The molecule has 1 aromatic carbocycles. The van der Waals surface area contributed by atoms with E-state index in [2.05, 4.69) is 9.88 Å². The van der Waals surface area contributed by atoms with Gasteiger partial charge >= 0.3 is 6.18 Å². The molecule has 6 nitrogen and oxygen atoms in total. The van der Waals surface area contributed by atoms with Crippen molar-refractivity contribution in [3.8, 4) is 0 Å². The molecule has 0 saturated carbocycles. The number of carbonyl (C=O) groups is 2. The molecule has 12 heteroatoms. The van der Waals surface area contributed by atoms with Crippen LogP contribution in [0.25, 0.3) is 10.1 Å². The second-order valence-electron chi connectivity index (χ2n) is 7.98. The first-order valence-corrected chi connectivity index (χ1v) is 12.3. The first-order chi connectivity index (χ1) is 15.7. The van der Waals surface area contributed by atoms with E-state index in [1.54, 1.807) is 21.4 Å². The summed E-state index contributed by atoms with van der Waals surface area (Å²) < 4.78 is 39.3. The van der Waals surface area contributed by atoms with Gasteiger partial charge in [-0.1, -0.05) is 17.7 Å². The SMILES string of the molecule is O=C(c1nccs1)N1CCN(C2CN(C(=O)c3sc4cc(C(F)(F)F)ccc4c3Cl)C2)CC1. The molecule has 2 amide bonds. The Hall–Kier alpha value is -2.21. The molecule has 0 aliphatic carbocycles. The molecule has 2 aliphatic heterocycles. The zero-order chi connectivity index (χ0) is 23.3. The summed E-state index contributed by atoms with van der Waals surface area (Å²) >= 11 is 8.67. The number of amides is 2. The molecule has 33 heavy (non-hydrogen) atoms. The largest absolute Gasteiger partial charge is 0.416 e. The van der Waals surface area contributed by atoms with Crippen LogP contribution in [-0.4, -0.2) is 76.8 Å². The number of benzene rings is 1. The van der Waals surface area contributed by atoms with E-state index < -0.39 is 11.7 Å². The highest BCUT2D eigenvalue weighted by atomic mass is 35.5. The summed E-state index contributed by atoms with van der Waals surface area (Å²) in [6.45, 7) is 3.69. The summed E-state index contributed by atoms with van der Waals surface area (Å²) in [5.74, 6) is -0.313. The molecule has 174 valence electrons. The van der Waals surface area contributed by atoms with Gasteiger partial charge in [0.1, 0.15) is 4.88 Å². The molecule has 3 aromatic rings. The second-order valence-corrected chi connectivity index (χ2v) is 10.3. The Morgan fingerprint density at radius 1 is 1.06 bits per heavy atom. The highest BCUT2D eigenvalue weighted by Gasteiger charge is 2.38. The van der Waals surface area contributed by atoms with Gasteiger partial charge in [0.15, 0.2) is 5.01 Å². The van der Waals surface area contributed by atoms with Crippen molar-refractivity contribution in [3.05, 3.63) is 50.2 Å². The highest BCUT2D eigenvalue weighted by molar-refractivity contribution is 7.21. The predicted molar refractivity (Wildman–Crippen MR) is 121 cm³/mol. The normalized spacial score (nSPS) is 18.1. The third-order valence-corrected chi connectivity index (χ3v) is 8.44. The van der Waals surface area contributed by atoms with Crippen molar-refractivity contribution in [2.24, 2.45) is 0 Å². The average Bonchev–Trinajstić information content (AvgIpc) is 3.40. The quantitative estimate of drug-likeness (QED) is 0.522. The first-order valence-electron chi connectivity index (χ1n) is 10.2. The molecular weight excluding hydrogens is 497 g/mol. The van der Waals surface area contributed by atoms with Gasteiger partial charge in [-0.25, -0.2) is 4.98 Å². The number of thiazole rings is 1. The van der Waals surface area contributed by atoms with Crippen LogP contribution >= 0.6 is 34.3 Å². The van der Waals surface area contributed by atoms with Crippen LogP contribution in [0.15, 0.2) is 29.8 Å². The third-order valence-electron chi connectivity index (χ3n) is 6.03. The van der Waals surface area contributed by atoms with E-state index in [-0.39, 0.29) is 27.8 Å². The smallest absolute Gasteiger partial charge is 0.335 e. The van der Waals surface area contributed by atoms with Crippen molar-refractivity contribution in [2.75, 3.05) is 39.3 Å². The van der Waals surface area contributed by atoms with Gasteiger partial charge in [-0.15, -0.1) is 22.7 Å². The molecule has 0 spiro atoms. The Labute approximate surface area is 200 Å². The molecule has 5 rings (SSSR count). The summed E-state index contributed by atoms with van der Waals surface area (Å²) in [7, 11) is 0. The topological polar surface area (TPSA) is 56.8 Å². The zero-order valence-electron chi connectivity index (χ0n) is 17.1. The molecular formula is C21H18ClF3N4O2S2. The molecule has 2 fully saturated rings. The van der Waals surface area contributed by atoms with Gasteiger partial charge in [-0.2, -0.15) is 13.2 Å². The van der Waals surface area contributed by atoms with Crippen molar-refractivity contribution in [3.63, 3.8) is 0 Å². The monoisotopic (exact) mass is 514 g/mol. The molecule has 0 atom stereocenters. The van der Waals surface area contributed by atoms with Gasteiger partial charge < -0.3 is 9.80 Å². The van der Waals surface area contributed by atoms with Gasteiger partial charge in [-0.3, -0.25) is 14.5 Å². The number of fused-ring (bicyclic) bond motifs is 1. The van der Waals surface area contributed by atoms with Crippen molar-refractivity contribution in [1.82, 2.24) is 19.7 Å². The van der Waals surface area contributed by atoms with E-state index in [0.717, 1.165) is 23.5 Å². The zero-order valence-corrected chi connectivity index (χ0v) is 19.5. The summed E-state index contributed by atoms with van der Waals surface area (Å²) in [6.07, 6.45) is -2.83. The molecule has 0 radical (unpaired) electrons. The average molecular weight is 515 g/mol. The van der Waals surface area contributed by atoms with Crippen molar-refractivity contribution in [1.29, 1.82) is 0 Å². The fourth-order valence-electron chi connectivity index (χ4n) is 4.13. The van der Waals surface area contributed by atoms with Crippen LogP contribution in [0.2, 0.25) is 5.02 Å². The minimum Gasteiger partial charge on any atom is -0.335 e. The lowest BCUT2D eigenvalue weighted by Gasteiger charge is -2.48. The molecule has 4 heterocycles. The van der Waals surface area contributed by atoms with Crippen LogP contribution in [0.1, 0.15) is 25.0 Å². The van der Waals surface area contributed by atoms with Crippen molar-refractivity contribution >= 4 is 56.2 Å². The summed E-state index contributed by atoms with van der Waals surface area (Å²) in [5, 5.41) is 2.93. The highest BCUT2D eigenvalue weighted by Crippen LogP contribution is 2.40. The van der Waals surface area contributed by atoms with Crippen LogP contribution in [-0.2, 0) is 6.18 Å². The lowest BCUT2D eigenvalue weighted by atomic mass is 10.1. The molecule has 0 bridgehead atoms. The first kappa shape index (κ1) is 22.6. The van der Waals surface area contributed by atoms with Crippen LogP contribution in [0.3, 0.4) is 0 Å². The maximum Gasteiger partial charge on any atom is 0.416 e. The Bertz CT molecular complexity index is 1200. The van der Waals surface area contributed by atoms with Gasteiger partial charge in [0, 0.05) is 67.0 Å². The Morgan fingerprint density at radius 3 is 2.42 bits per heavy atom. The molecule has 2 aliphatic rings. The molecule has 0 unspecified atom stereocenters. The Kier molecular flexibility index (Phi) is 5.84. The minimum absolute atomic E-state index is 0.0526. The van der Waals surface area contributed by atoms with Gasteiger partial charge in [-0.05, 0) is 12.1 Å². The second kappa shape index (κ2) is 8.53. The van der Waals surface area contributed by atoms with E-state index in [0.29, 0.717) is 54.4 Å². The van der Waals surface area contributed by atoms with Gasteiger partial charge in [0.05, 0.1) is 10.6 Å². The maximum atomic E-state index is 13.0. The molecule has 2 aromatic heterocycles. The fraction of sp³-hybridized carbons (Fsp3) is 0.381.